The van der Waals surface area contributed by atoms with Crippen molar-refractivity contribution in [1.82, 2.24) is 9.88 Å². The first-order valence-electron chi connectivity index (χ1n) is 9.91. The van der Waals surface area contributed by atoms with E-state index in [-0.39, 0.29) is 17.7 Å². The van der Waals surface area contributed by atoms with Crippen LogP contribution in [0.5, 0.6) is 0 Å². The second-order valence-electron chi connectivity index (χ2n) is 7.38. The lowest BCUT2D eigenvalue weighted by Crippen LogP contribution is -2.46. The summed E-state index contributed by atoms with van der Waals surface area (Å²) in [5.41, 5.74) is 1.16. The third-order valence-electron chi connectivity index (χ3n) is 5.43. The van der Waals surface area contributed by atoms with E-state index in [9.17, 15) is 9.59 Å². The monoisotopic (exact) mass is 415 g/mol. The Morgan fingerprint density at radius 3 is 2.93 bits per heavy atom. The highest BCUT2D eigenvalue weighted by atomic mass is 32.1. The molecule has 148 valence electrons. The van der Waals surface area contributed by atoms with Gasteiger partial charge in [0.2, 0.25) is 5.91 Å². The van der Waals surface area contributed by atoms with Crippen molar-refractivity contribution >= 4 is 39.6 Å². The van der Waals surface area contributed by atoms with Crippen molar-refractivity contribution in [1.29, 1.82) is 0 Å². The van der Waals surface area contributed by atoms with Crippen LogP contribution in [0.4, 0.5) is 5.13 Å². The molecule has 1 aliphatic carbocycles. The van der Waals surface area contributed by atoms with E-state index in [1.165, 1.54) is 29.1 Å². The van der Waals surface area contributed by atoms with Gasteiger partial charge >= 0.3 is 0 Å². The van der Waals surface area contributed by atoms with E-state index in [0.717, 1.165) is 41.4 Å². The smallest absolute Gasteiger partial charge is 0.263 e. The predicted molar refractivity (Wildman–Crippen MR) is 114 cm³/mol. The van der Waals surface area contributed by atoms with Gasteiger partial charge in [0.1, 0.15) is 0 Å². The summed E-state index contributed by atoms with van der Waals surface area (Å²) in [5.74, 6) is -0.0827. The molecule has 0 N–H and O–H groups in total. The molecule has 2 aliphatic rings. The Labute approximate surface area is 173 Å². The number of aryl methyl sites for hydroxylation is 2. The molecule has 5 nitrogen and oxygen atoms in total. The van der Waals surface area contributed by atoms with Crippen LogP contribution in [-0.4, -0.2) is 41.3 Å². The van der Waals surface area contributed by atoms with Gasteiger partial charge in [0.25, 0.3) is 5.91 Å². The molecule has 1 fully saturated rings. The summed E-state index contributed by atoms with van der Waals surface area (Å²) in [5, 5.41) is 2.70. The van der Waals surface area contributed by atoms with E-state index < -0.39 is 0 Å². The van der Waals surface area contributed by atoms with Gasteiger partial charge < -0.3 is 4.90 Å². The van der Waals surface area contributed by atoms with Gasteiger partial charge in [-0.3, -0.25) is 14.5 Å². The molecule has 1 saturated heterocycles. The Morgan fingerprint density at radius 1 is 1.32 bits per heavy atom. The van der Waals surface area contributed by atoms with E-state index in [1.54, 1.807) is 22.3 Å². The molecular weight excluding hydrogens is 390 g/mol. The standard InChI is InChI=1S/C21H25N3O2S2/c1-2-11-24(21-22-16-8-3-4-9-17(16)28-21)19(25)15-7-5-12-23(14-15)20(26)18-10-6-13-27-18/h2,6,10,13,15H,1,3-5,7-9,11-12,14H2/t15-/m1/s1. The second kappa shape index (κ2) is 8.57. The zero-order chi connectivity index (χ0) is 19.5. The number of thiazole rings is 1. The molecule has 0 unspecified atom stereocenters. The first-order valence-corrected chi connectivity index (χ1v) is 11.6. The summed E-state index contributed by atoms with van der Waals surface area (Å²) < 4.78 is 0. The number of hydrogen-bond acceptors (Lipinski definition) is 5. The average molecular weight is 416 g/mol. The summed E-state index contributed by atoms with van der Waals surface area (Å²) in [6.07, 6.45) is 7.87. The topological polar surface area (TPSA) is 53.5 Å². The molecular formula is C21H25N3O2S2. The maximum atomic E-state index is 13.4. The van der Waals surface area contributed by atoms with Crippen LogP contribution in [0.25, 0.3) is 0 Å². The zero-order valence-corrected chi connectivity index (χ0v) is 17.6. The number of hydrogen-bond donors (Lipinski definition) is 0. The summed E-state index contributed by atoms with van der Waals surface area (Å²) in [7, 11) is 0. The van der Waals surface area contributed by atoms with E-state index in [0.29, 0.717) is 19.6 Å². The van der Waals surface area contributed by atoms with Crippen LogP contribution in [0, 0.1) is 5.92 Å². The van der Waals surface area contributed by atoms with Gasteiger partial charge in [-0.25, -0.2) is 4.98 Å². The van der Waals surface area contributed by atoms with Crippen molar-refractivity contribution in [2.75, 3.05) is 24.5 Å². The molecule has 1 atom stereocenters. The number of likely N-dealkylation sites (tertiary alicyclic amines) is 1. The third kappa shape index (κ3) is 3.91. The number of nitrogens with zero attached hydrogens (tertiary/aromatic N) is 3. The lowest BCUT2D eigenvalue weighted by atomic mass is 9.96. The first-order chi connectivity index (χ1) is 13.7. The molecule has 3 heterocycles. The maximum absolute atomic E-state index is 13.4. The van der Waals surface area contributed by atoms with Crippen LogP contribution in [-0.2, 0) is 17.6 Å². The number of thiophene rings is 1. The molecule has 28 heavy (non-hydrogen) atoms. The Balaban J connectivity index is 1.51. The van der Waals surface area contributed by atoms with Gasteiger partial charge in [-0.15, -0.1) is 29.3 Å². The highest BCUT2D eigenvalue weighted by Crippen LogP contribution is 2.33. The van der Waals surface area contributed by atoms with E-state index in [2.05, 4.69) is 6.58 Å². The van der Waals surface area contributed by atoms with Crippen LogP contribution in [0.15, 0.2) is 30.2 Å². The molecule has 0 bridgehead atoms. The molecule has 2 amide bonds. The fraction of sp³-hybridized carbons (Fsp3) is 0.476. The van der Waals surface area contributed by atoms with Gasteiger partial charge in [-0.05, 0) is 50.0 Å². The van der Waals surface area contributed by atoms with E-state index in [1.807, 2.05) is 22.4 Å². The summed E-state index contributed by atoms with van der Waals surface area (Å²) >= 11 is 3.10. The molecule has 2 aromatic heterocycles. The van der Waals surface area contributed by atoms with E-state index >= 15 is 0 Å². The minimum atomic E-state index is -0.182. The molecule has 0 spiro atoms. The number of piperidine rings is 1. The van der Waals surface area contributed by atoms with Crippen molar-refractivity contribution in [3.8, 4) is 0 Å². The molecule has 0 aromatic carbocycles. The van der Waals surface area contributed by atoms with Gasteiger partial charge in [0.15, 0.2) is 5.13 Å². The third-order valence-corrected chi connectivity index (χ3v) is 7.47. The van der Waals surface area contributed by atoms with E-state index in [4.69, 9.17) is 4.98 Å². The van der Waals surface area contributed by atoms with Crippen molar-refractivity contribution in [2.45, 2.75) is 38.5 Å². The molecule has 2 aromatic rings. The predicted octanol–water partition coefficient (Wildman–Crippen LogP) is 4.15. The first kappa shape index (κ1) is 19.3. The number of anilines is 1. The Hall–Kier alpha value is -1.99. The fourth-order valence-corrected chi connectivity index (χ4v) is 5.84. The van der Waals surface area contributed by atoms with Crippen LogP contribution in [0.2, 0.25) is 0 Å². The van der Waals surface area contributed by atoms with Crippen molar-refractivity contribution < 1.29 is 9.59 Å². The molecule has 1 aliphatic heterocycles. The van der Waals surface area contributed by atoms with Gasteiger partial charge in [-0.2, -0.15) is 0 Å². The minimum Gasteiger partial charge on any atom is -0.337 e. The number of amides is 2. The summed E-state index contributed by atoms with van der Waals surface area (Å²) in [6.45, 7) is 5.49. The highest BCUT2D eigenvalue weighted by Gasteiger charge is 2.33. The SMILES string of the molecule is C=CCN(C(=O)[C@@H]1CCCN(C(=O)c2cccs2)C1)c1nc2c(s1)CCCC2. The lowest BCUT2D eigenvalue weighted by molar-refractivity contribution is -0.123. The van der Waals surface area contributed by atoms with Crippen LogP contribution >= 0.6 is 22.7 Å². The highest BCUT2D eigenvalue weighted by molar-refractivity contribution is 7.16. The number of rotatable bonds is 5. The lowest BCUT2D eigenvalue weighted by Gasteiger charge is -2.34. The zero-order valence-electron chi connectivity index (χ0n) is 15.9. The Morgan fingerprint density at radius 2 is 2.18 bits per heavy atom. The quantitative estimate of drug-likeness (QED) is 0.689. The maximum Gasteiger partial charge on any atom is 0.263 e. The van der Waals surface area contributed by atoms with Crippen molar-refractivity contribution in [2.24, 2.45) is 5.92 Å². The normalized spacial score (nSPS) is 19.1. The van der Waals surface area contributed by atoms with Crippen molar-refractivity contribution in [3.05, 3.63) is 45.6 Å². The Kier molecular flexibility index (Phi) is 5.92. The number of fused-ring (bicyclic) bond motifs is 1. The molecule has 7 heteroatoms. The summed E-state index contributed by atoms with van der Waals surface area (Å²) in [6, 6.07) is 3.74. The fourth-order valence-electron chi connectivity index (χ4n) is 3.98. The van der Waals surface area contributed by atoms with Gasteiger partial charge in [0, 0.05) is 24.5 Å². The molecule has 4 rings (SSSR count). The molecule has 0 radical (unpaired) electrons. The van der Waals surface area contributed by atoms with Gasteiger partial charge in [-0.1, -0.05) is 12.1 Å². The van der Waals surface area contributed by atoms with Crippen LogP contribution in [0.3, 0.4) is 0 Å². The minimum absolute atomic E-state index is 0.0347. The number of carbonyl (C=O) groups excluding carboxylic acids is 2. The largest absolute Gasteiger partial charge is 0.337 e. The van der Waals surface area contributed by atoms with Gasteiger partial charge in [0.05, 0.1) is 16.5 Å². The average Bonchev–Trinajstić information content (AvgIpc) is 3.40. The second-order valence-corrected chi connectivity index (χ2v) is 9.39. The summed E-state index contributed by atoms with van der Waals surface area (Å²) in [4.78, 5) is 36.5. The number of aromatic nitrogens is 1. The number of carbonyl (C=O) groups is 2. The Bertz CT molecular complexity index is 836. The molecule has 0 saturated carbocycles. The van der Waals surface area contributed by atoms with Crippen LogP contribution in [0.1, 0.15) is 45.9 Å². The van der Waals surface area contributed by atoms with Crippen LogP contribution < -0.4 is 4.90 Å². The van der Waals surface area contributed by atoms with Crippen molar-refractivity contribution in [3.63, 3.8) is 0 Å².